The number of aliphatic hydroxyl groups excluding tert-OH is 1. The molecule has 0 bridgehead atoms. The SMILES string of the molecule is CC[C@@](O)(C(=O)O)c1cc2n(c(=O)c1CO)Cc1c-2nc2cc(F)c(C)c3c2c1[C@@H](NC(=O)COCNC(=O)CN)CC3. The van der Waals surface area contributed by atoms with Crippen molar-refractivity contribution in [2.75, 3.05) is 19.9 Å². The number of aryl methyl sites for hydroxylation is 1. The predicted octanol–water partition coefficient (Wildman–Crippen LogP) is 0.200. The van der Waals surface area contributed by atoms with E-state index >= 15 is 4.39 Å². The molecule has 0 saturated heterocycles. The maximum Gasteiger partial charge on any atom is 0.340 e. The second kappa shape index (κ2) is 11.4. The fourth-order valence-electron chi connectivity index (χ4n) is 6.05. The zero-order valence-corrected chi connectivity index (χ0v) is 23.6. The quantitative estimate of drug-likeness (QED) is 0.108. The number of ether oxygens (including phenoxy) is 1. The topological polar surface area (TPSA) is 206 Å². The van der Waals surface area contributed by atoms with Crippen LogP contribution in [0.3, 0.4) is 0 Å². The minimum absolute atomic E-state index is 0.00344. The Morgan fingerprint density at radius 3 is 2.65 bits per heavy atom. The van der Waals surface area contributed by atoms with Crippen molar-refractivity contribution in [1.29, 1.82) is 0 Å². The molecule has 1 aliphatic heterocycles. The number of amides is 2. The minimum atomic E-state index is -2.45. The summed E-state index contributed by atoms with van der Waals surface area (Å²) in [5.41, 5.74) is 4.79. The minimum Gasteiger partial charge on any atom is -0.479 e. The number of halogens is 1. The Labute approximate surface area is 244 Å². The van der Waals surface area contributed by atoms with Gasteiger partial charge >= 0.3 is 5.97 Å². The average molecular weight is 598 g/mol. The van der Waals surface area contributed by atoms with Gasteiger partial charge in [-0.25, -0.2) is 14.2 Å². The van der Waals surface area contributed by atoms with Crippen LogP contribution < -0.4 is 21.9 Å². The molecule has 2 atom stereocenters. The van der Waals surface area contributed by atoms with Gasteiger partial charge in [0.25, 0.3) is 5.56 Å². The second-order valence-corrected chi connectivity index (χ2v) is 10.7. The fourth-order valence-corrected chi connectivity index (χ4v) is 6.05. The molecule has 2 aliphatic rings. The third kappa shape index (κ3) is 4.95. The summed E-state index contributed by atoms with van der Waals surface area (Å²) in [5, 5.41) is 36.9. The van der Waals surface area contributed by atoms with Crippen LogP contribution in [0.2, 0.25) is 0 Å². The van der Waals surface area contributed by atoms with Gasteiger partial charge in [-0.1, -0.05) is 6.92 Å². The van der Waals surface area contributed by atoms with Crippen molar-refractivity contribution < 1.29 is 38.8 Å². The number of rotatable bonds is 10. The number of hydrogen-bond donors (Lipinski definition) is 6. The summed E-state index contributed by atoms with van der Waals surface area (Å²) in [6.07, 6.45) is 0.576. The Hall–Kier alpha value is -4.24. The molecule has 14 heteroatoms. The van der Waals surface area contributed by atoms with Crippen molar-refractivity contribution in [3.8, 4) is 11.4 Å². The standard InChI is InChI=1S/C29H32FN5O8/c1-3-29(42,28(40)41)17-6-21-26-15(9-35(21)27(39)16(17)10-36)25-19(33-23(38)11-43-12-32-22(37)8-31)5-4-14-13(2)18(30)7-20(34-26)24(14)25/h6-7,19,36,42H,3-5,8-12,31H2,1-2H3,(H,32,37)(H,33,38)(H,40,41)/t19-,29-/m0/s1. The number of hydrogen-bond acceptors (Lipinski definition) is 9. The second-order valence-electron chi connectivity index (χ2n) is 10.7. The van der Waals surface area contributed by atoms with Gasteiger partial charge in [-0.05, 0) is 48.9 Å². The van der Waals surface area contributed by atoms with Crippen LogP contribution in [0.1, 0.15) is 59.2 Å². The smallest absolute Gasteiger partial charge is 0.340 e. The van der Waals surface area contributed by atoms with Gasteiger partial charge in [-0.3, -0.25) is 14.4 Å². The van der Waals surface area contributed by atoms with Gasteiger partial charge in [0.1, 0.15) is 19.2 Å². The summed E-state index contributed by atoms with van der Waals surface area (Å²) in [6, 6.07) is 2.06. The molecule has 0 radical (unpaired) electrons. The molecular weight excluding hydrogens is 565 g/mol. The summed E-state index contributed by atoms with van der Waals surface area (Å²) in [5.74, 6) is -2.96. The summed E-state index contributed by atoms with van der Waals surface area (Å²) in [7, 11) is 0. The maximum absolute atomic E-state index is 15.0. The van der Waals surface area contributed by atoms with Crippen LogP contribution in [0.5, 0.6) is 0 Å². The van der Waals surface area contributed by atoms with Gasteiger partial charge in [-0.15, -0.1) is 0 Å². The monoisotopic (exact) mass is 597 g/mol. The van der Waals surface area contributed by atoms with E-state index in [1.807, 2.05) is 0 Å². The molecule has 0 unspecified atom stereocenters. The van der Waals surface area contributed by atoms with Crippen molar-refractivity contribution in [2.24, 2.45) is 5.73 Å². The molecule has 7 N–H and O–H groups in total. The molecule has 228 valence electrons. The first-order chi connectivity index (χ1) is 20.5. The molecule has 0 spiro atoms. The van der Waals surface area contributed by atoms with E-state index in [-0.39, 0.29) is 55.4 Å². The van der Waals surface area contributed by atoms with E-state index in [1.165, 1.54) is 23.6 Å². The molecule has 1 aromatic carbocycles. The van der Waals surface area contributed by atoms with Crippen molar-refractivity contribution >= 4 is 28.7 Å². The van der Waals surface area contributed by atoms with E-state index in [0.717, 1.165) is 5.56 Å². The summed E-state index contributed by atoms with van der Waals surface area (Å²) >= 11 is 0. The molecule has 2 amide bonds. The molecule has 13 nitrogen and oxygen atoms in total. The number of fused-ring (bicyclic) bond motifs is 4. The first kappa shape index (κ1) is 30.2. The van der Waals surface area contributed by atoms with Crippen LogP contribution in [0.4, 0.5) is 4.39 Å². The number of carboxylic acids is 1. The van der Waals surface area contributed by atoms with Crippen LogP contribution in [0.15, 0.2) is 16.9 Å². The fraction of sp³-hybridized carbons (Fsp3) is 0.414. The number of aliphatic carboxylic acids is 1. The molecule has 0 saturated carbocycles. The van der Waals surface area contributed by atoms with Crippen molar-refractivity contribution in [3.05, 3.63) is 61.7 Å². The lowest BCUT2D eigenvalue weighted by Gasteiger charge is -2.29. The Morgan fingerprint density at radius 2 is 2.00 bits per heavy atom. The Balaban J connectivity index is 1.64. The number of benzene rings is 1. The number of pyridine rings is 2. The van der Waals surface area contributed by atoms with Crippen LogP contribution in [-0.4, -0.2) is 62.5 Å². The summed E-state index contributed by atoms with van der Waals surface area (Å²) in [4.78, 5) is 54.6. The van der Waals surface area contributed by atoms with Gasteiger partial charge < -0.3 is 41.0 Å². The maximum atomic E-state index is 15.0. The van der Waals surface area contributed by atoms with Crippen molar-refractivity contribution in [2.45, 2.75) is 57.9 Å². The predicted molar refractivity (Wildman–Crippen MR) is 150 cm³/mol. The molecule has 3 heterocycles. The van der Waals surface area contributed by atoms with Gasteiger partial charge in [0.2, 0.25) is 11.8 Å². The zero-order valence-electron chi connectivity index (χ0n) is 23.6. The number of aliphatic hydroxyl groups is 2. The number of carbonyl (C=O) groups is 3. The van der Waals surface area contributed by atoms with Crippen LogP contribution in [-0.2, 0) is 44.3 Å². The van der Waals surface area contributed by atoms with Crippen molar-refractivity contribution in [1.82, 2.24) is 20.2 Å². The van der Waals surface area contributed by atoms with E-state index < -0.39 is 47.4 Å². The average Bonchev–Trinajstić information content (AvgIpc) is 3.36. The first-order valence-electron chi connectivity index (χ1n) is 13.8. The highest BCUT2D eigenvalue weighted by Crippen LogP contribution is 2.45. The van der Waals surface area contributed by atoms with Crippen LogP contribution >= 0.6 is 0 Å². The number of aromatic nitrogens is 2. The summed E-state index contributed by atoms with van der Waals surface area (Å²) < 4.78 is 21.6. The highest BCUT2D eigenvalue weighted by Gasteiger charge is 2.42. The first-order valence-corrected chi connectivity index (χ1v) is 13.8. The third-order valence-electron chi connectivity index (χ3n) is 8.33. The number of carboxylic acid groups (broad SMARTS) is 1. The van der Waals surface area contributed by atoms with Crippen molar-refractivity contribution in [3.63, 3.8) is 0 Å². The molecule has 43 heavy (non-hydrogen) atoms. The number of nitrogens with two attached hydrogens (primary N) is 1. The van der Waals surface area contributed by atoms with Crippen LogP contribution in [0, 0.1) is 12.7 Å². The molecule has 3 aromatic rings. The third-order valence-corrected chi connectivity index (χ3v) is 8.33. The number of nitrogens with zero attached hydrogens (tertiary/aromatic N) is 2. The molecule has 1 aliphatic carbocycles. The molecular formula is C29H32FN5O8. The highest BCUT2D eigenvalue weighted by molar-refractivity contribution is 5.93. The van der Waals surface area contributed by atoms with Gasteiger partial charge in [0.05, 0.1) is 42.6 Å². The van der Waals surface area contributed by atoms with E-state index in [2.05, 4.69) is 10.6 Å². The van der Waals surface area contributed by atoms with Gasteiger partial charge in [0, 0.05) is 28.1 Å². The van der Waals surface area contributed by atoms with E-state index in [0.29, 0.717) is 40.4 Å². The molecule has 0 fully saturated rings. The lowest BCUT2D eigenvalue weighted by molar-refractivity contribution is -0.160. The lowest BCUT2D eigenvalue weighted by Crippen LogP contribution is -2.39. The van der Waals surface area contributed by atoms with Gasteiger partial charge in [0.15, 0.2) is 5.60 Å². The number of carbonyl (C=O) groups excluding carboxylic acids is 2. The zero-order chi connectivity index (χ0) is 31.2. The van der Waals surface area contributed by atoms with Gasteiger partial charge in [-0.2, -0.15) is 0 Å². The Kier molecular flexibility index (Phi) is 8.05. The van der Waals surface area contributed by atoms with E-state index in [1.54, 1.807) is 6.92 Å². The van der Waals surface area contributed by atoms with E-state index in [4.69, 9.17) is 15.5 Å². The highest BCUT2D eigenvalue weighted by atomic mass is 19.1. The summed E-state index contributed by atoms with van der Waals surface area (Å²) in [6.45, 7) is 1.51. The Morgan fingerprint density at radius 1 is 1.26 bits per heavy atom. The lowest BCUT2D eigenvalue weighted by atomic mass is 9.81. The Bertz CT molecular complexity index is 1740. The largest absolute Gasteiger partial charge is 0.479 e. The van der Waals surface area contributed by atoms with E-state index in [9.17, 15) is 34.5 Å². The number of nitrogens with one attached hydrogen (secondary N) is 2. The van der Waals surface area contributed by atoms with Crippen LogP contribution in [0.25, 0.3) is 22.3 Å². The normalized spacial score (nSPS) is 16.4. The molecule has 2 aromatic heterocycles. The molecule has 5 rings (SSSR count).